The number of aryl methyl sites for hydroxylation is 1. The molecule has 0 amide bonds. The predicted octanol–water partition coefficient (Wildman–Crippen LogP) is 2.46. The predicted molar refractivity (Wildman–Crippen MR) is 75.4 cm³/mol. The van der Waals surface area contributed by atoms with E-state index in [0.29, 0.717) is 16.7 Å². The lowest BCUT2D eigenvalue weighted by atomic mass is 10.3. The van der Waals surface area contributed by atoms with Crippen LogP contribution in [0.1, 0.15) is 5.56 Å². The van der Waals surface area contributed by atoms with E-state index in [1.54, 1.807) is 12.4 Å². The van der Waals surface area contributed by atoms with E-state index in [-0.39, 0.29) is 12.4 Å². The lowest BCUT2D eigenvalue weighted by molar-refractivity contribution is 0.126. The molecule has 106 valence electrons. The van der Waals surface area contributed by atoms with Crippen LogP contribution in [-0.2, 0) is 0 Å². The summed E-state index contributed by atoms with van der Waals surface area (Å²) < 4.78 is 18.1. The van der Waals surface area contributed by atoms with E-state index in [9.17, 15) is 9.50 Å². The zero-order chi connectivity index (χ0) is 14.4. The summed E-state index contributed by atoms with van der Waals surface area (Å²) in [6.45, 7) is 2.06. The summed E-state index contributed by atoms with van der Waals surface area (Å²) in [6.07, 6.45) is 2.82. The van der Waals surface area contributed by atoms with Crippen molar-refractivity contribution in [1.82, 2.24) is 9.97 Å². The van der Waals surface area contributed by atoms with Gasteiger partial charge < -0.3 is 9.84 Å². The van der Waals surface area contributed by atoms with Gasteiger partial charge in [0.1, 0.15) is 18.2 Å². The second-order valence-corrected chi connectivity index (χ2v) is 5.26. The van der Waals surface area contributed by atoms with Gasteiger partial charge in [0, 0.05) is 18.1 Å². The Labute approximate surface area is 121 Å². The summed E-state index contributed by atoms with van der Waals surface area (Å²) in [5.74, 6) is 0.650. The molecule has 2 aromatic rings. The maximum Gasteiger partial charge on any atom is 0.187 e. The van der Waals surface area contributed by atoms with E-state index < -0.39 is 6.10 Å². The highest BCUT2D eigenvalue weighted by Crippen LogP contribution is 2.15. The van der Waals surface area contributed by atoms with Gasteiger partial charge in [-0.1, -0.05) is 11.8 Å². The molecule has 1 atom stereocenters. The molecule has 1 aromatic heterocycles. The van der Waals surface area contributed by atoms with Gasteiger partial charge in [-0.15, -0.1) is 0 Å². The third-order valence-electron chi connectivity index (χ3n) is 2.42. The standard InChI is InChI=1S/C14H15FN2O2S/c1-10-6-16-14(17-7-10)20-9-12(18)8-19-13-4-2-11(15)3-5-13/h2-7,12,18H,8-9H2,1H3. The molecule has 1 N–H and O–H groups in total. The SMILES string of the molecule is Cc1cnc(SCC(O)COc2ccc(F)cc2)nc1. The molecular weight excluding hydrogens is 279 g/mol. The van der Waals surface area contributed by atoms with Crippen molar-refractivity contribution in [3.63, 3.8) is 0 Å². The first kappa shape index (κ1) is 14.7. The van der Waals surface area contributed by atoms with Crippen LogP contribution >= 0.6 is 11.8 Å². The third kappa shape index (κ3) is 4.79. The van der Waals surface area contributed by atoms with Crippen LogP contribution in [0.5, 0.6) is 5.75 Å². The molecule has 4 nitrogen and oxygen atoms in total. The summed E-state index contributed by atoms with van der Waals surface area (Å²) in [7, 11) is 0. The minimum atomic E-state index is -0.644. The second kappa shape index (κ2) is 7.21. The molecule has 1 heterocycles. The molecule has 20 heavy (non-hydrogen) atoms. The fraction of sp³-hybridized carbons (Fsp3) is 0.286. The van der Waals surface area contributed by atoms with Crippen LogP contribution in [-0.4, -0.2) is 33.5 Å². The molecular formula is C14H15FN2O2S. The van der Waals surface area contributed by atoms with E-state index in [1.165, 1.54) is 36.0 Å². The molecule has 0 fully saturated rings. The van der Waals surface area contributed by atoms with Gasteiger partial charge in [0.15, 0.2) is 5.16 Å². The van der Waals surface area contributed by atoms with Gasteiger partial charge >= 0.3 is 0 Å². The van der Waals surface area contributed by atoms with Crippen molar-refractivity contribution in [3.05, 3.63) is 48.0 Å². The number of aromatic nitrogens is 2. The third-order valence-corrected chi connectivity index (χ3v) is 3.44. The molecule has 0 aliphatic carbocycles. The Balaban J connectivity index is 1.73. The zero-order valence-corrected chi connectivity index (χ0v) is 11.8. The molecule has 0 spiro atoms. The molecule has 0 saturated carbocycles. The van der Waals surface area contributed by atoms with E-state index in [0.717, 1.165) is 5.56 Å². The van der Waals surface area contributed by atoms with Gasteiger partial charge in [-0.2, -0.15) is 0 Å². The number of aliphatic hydroxyl groups is 1. The minimum absolute atomic E-state index is 0.143. The lowest BCUT2D eigenvalue weighted by Gasteiger charge is -2.11. The second-order valence-electron chi connectivity index (χ2n) is 4.27. The van der Waals surface area contributed by atoms with Crippen LogP contribution in [0.4, 0.5) is 4.39 Å². The van der Waals surface area contributed by atoms with Crippen molar-refractivity contribution in [2.24, 2.45) is 0 Å². The first-order valence-corrected chi connectivity index (χ1v) is 7.10. The van der Waals surface area contributed by atoms with Crippen molar-refractivity contribution in [1.29, 1.82) is 0 Å². The van der Waals surface area contributed by atoms with Crippen molar-refractivity contribution in [3.8, 4) is 5.75 Å². The quantitative estimate of drug-likeness (QED) is 0.655. The average Bonchev–Trinajstić information content (AvgIpc) is 2.46. The molecule has 0 radical (unpaired) electrons. The van der Waals surface area contributed by atoms with E-state index in [2.05, 4.69) is 9.97 Å². The number of hydrogen-bond donors (Lipinski definition) is 1. The maximum absolute atomic E-state index is 12.7. The summed E-state index contributed by atoms with van der Waals surface area (Å²) in [5.41, 5.74) is 0.995. The van der Waals surface area contributed by atoms with E-state index >= 15 is 0 Å². The molecule has 0 aliphatic rings. The fourth-order valence-electron chi connectivity index (χ4n) is 1.40. The summed E-state index contributed by atoms with van der Waals surface area (Å²) >= 11 is 1.36. The largest absolute Gasteiger partial charge is 0.491 e. The van der Waals surface area contributed by atoms with Crippen molar-refractivity contribution in [2.75, 3.05) is 12.4 Å². The van der Waals surface area contributed by atoms with Crippen LogP contribution in [0.3, 0.4) is 0 Å². The molecule has 1 unspecified atom stereocenters. The minimum Gasteiger partial charge on any atom is -0.491 e. The lowest BCUT2D eigenvalue weighted by Crippen LogP contribution is -2.20. The smallest absolute Gasteiger partial charge is 0.187 e. The summed E-state index contributed by atoms with van der Waals surface area (Å²) in [4.78, 5) is 8.27. The van der Waals surface area contributed by atoms with Crippen molar-refractivity contribution < 1.29 is 14.2 Å². The average molecular weight is 294 g/mol. The number of thioether (sulfide) groups is 1. The molecule has 6 heteroatoms. The van der Waals surface area contributed by atoms with Gasteiger partial charge in [0.25, 0.3) is 0 Å². The Kier molecular flexibility index (Phi) is 5.31. The Morgan fingerprint density at radius 1 is 1.25 bits per heavy atom. The normalized spacial score (nSPS) is 12.2. The van der Waals surface area contributed by atoms with Crippen molar-refractivity contribution in [2.45, 2.75) is 18.2 Å². The Morgan fingerprint density at radius 2 is 1.90 bits per heavy atom. The summed E-state index contributed by atoms with van der Waals surface area (Å²) in [6, 6.07) is 5.68. The number of hydrogen-bond acceptors (Lipinski definition) is 5. The highest BCUT2D eigenvalue weighted by Gasteiger charge is 2.08. The number of aliphatic hydroxyl groups excluding tert-OH is 1. The monoisotopic (exact) mass is 294 g/mol. The molecule has 0 aliphatic heterocycles. The zero-order valence-electron chi connectivity index (χ0n) is 11.0. The molecule has 0 saturated heterocycles. The van der Waals surface area contributed by atoms with Crippen molar-refractivity contribution >= 4 is 11.8 Å². The fourth-order valence-corrected chi connectivity index (χ4v) is 2.09. The van der Waals surface area contributed by atoms with Crippen LogP contribution in [0.25, 0.3) is 0 Å². The number of ether oxygens (including phenoxy) is 1. The topological polar surface area (TPSA) is 55.2 Å². The van der Waals surface area contributed by atoms with Gasteiger partial charge in [-0.3, -0.25) is 0 Å². The van der Waals surface area contributed by atoms with Gasteiger partial charge in [-0.05, 0) is 36.8 Å². The number of rotatable bonds is 6. The maximum atomic E-state index is 12.7. The van der Waals surface area contributed by atoms with Crippen LogP contribution in [0.15, 0.2) is 41.8 Å². The van der Waals surface area contributed by atoms with E-state index in [4.69, 9.17) is 4.74 Å². The van der Waals surface area contributed by atoms with Gasteiger partial charge in [0.2, 0.25) is 0 Å². The van der Waals surface area contributed by atoms with Crippen LogP contribution < -0.4 is 4.74 Å². The number of halogens is 1. The highest BCUT2D eigenvalue weighted by atomic mass is 32.2. The highest BCUT2D eigenvalue weighted by molar-refractivity contribution is 7.99. The first-order valence-electron chi connectivity index (χ1n) is 6.11. The molecule has 2 rings (SSSR count). The van der Waals surface area contributed by atoms with Crippen LogP contribution in [0, 0.1) is 12.7 Å². The number of nitrogens with zero attached hydrogens (tertiary/aromatic N) is 2. The van der Waals surface area contributed by atoms with Gasteiger partial charge in [0.05, 0.1) is 6.10 Å². The van der Waals surface area contributed by atoms with E-state index in [1.807, 2.05) is 6.92 Å². The van der Waals surface area contributed by atoms with Gasteiger partial charge in [-0.25, -0.2) is 14.4 Å². The number of benzene rings is 1. The van der Waals surface area contributed by atoms with Crippen LogP contribution in [0.2, 0.25) is 0 Å². The first-order chi connectivity index (χ1) is 9.63. The Morgan fingerprint density at radius 3 is 2.55 bits per heavy atom. The Bertz CT molecular complexity index is 484. The molecule has 1 aromatic carbocycles. The molecule has 0 bridgehead atoms. The summed E-state index contributed by atoms with van der Waals surface area (Å²) in [5, 5.41) is 10.4. The Hall–Kier alpha value is -1.66.